The van der Waals surface area contributed by atoms with Crippen LogP contribution in [-0.2, 0) is 24.3 Å². The van der Waals surface area contributed by atoms with E-state index >= 15 is 0 Å². The molecule has 1 saturated heterocycles. The van der Waals surface area contributed by atoms with E-state index in [4.69, 9.17) is 9.47 Å². The molecule has 0 N–H and O–H groups in total. The van der Waals surface area contributed by atoms with Crippen molar-refractivity contribution in [2.24, 2.45) is 0 Å². The second-order valence-corrected chi connectivity index (χ2v) is 12.1. The van der Waals surface area contributed by atoms with Crippen molar-refractivity contribution in [1.29, 1.82) is 0 Å². The van der Waals surface area contributed by atoms with Gasteiger partial charge in [0.05, 0.1) is 55.7 Å². The van der Waals surface area contributed by atoms with Gasteiger partial charge < -0.3 is 19.3 Å². The summed E-state index contributed by atoms with van der Waals surface area (Å²) in [5, 5.41) is 0. The molecule has 7 rings (SSSR count). The van der Waals surface area contributed by atoms with Gasteiger partial charge in [-0.1, -0.05) is 30.3 Å². The first-order chi connectivity index (χ1) is 22.3. The first-order valence-corrected chi connectivity index (χ1v) is 15.6. The van der Waals surface area contributed by atoms with E-state index in [-0.39, 0.29) is 48.6 Å². The molecular formula is C36H34F2N4O4. The summed E-state index contributed by atoms with van der Waals surface area (Å²) in [4.78, 5) is 39.8. The van der Waals surface area contributed by atoms with Crippen LogP contribution in [0.25, 0.3) is 11.4 Å². The average Bonchev–Trinajstić information content (AvgIpc) is 3.55. The summed E-state index contributed by atoms with van der Waals surface area (Å²) in [7, 11) is 3.12. The summed E-state index contributed by atoms with van der Waals surface area (Å²) in [6.45, 7) is 1.16. The summed E-state index contributed by atoms with van der Waals surface area (Å²) in [6, 6.07) is 17.2. The molecule has 4 aromatic rings. The Kier molecular flexibility index (Phi) is 7.88. The van der Waals surface area contributed by atoms with Crippen molar-refractivity contribution in [3.05, 3.63) is 106 Å². The smallest absolute Gasteiger partial charge is 0.258 e. The van der Waals surface area contributed by atoms with Gasteiger partial charge in [0.25, 0.3) is 5.91 Å². The maximum absolute atomic E-state index is 14.9. The Hall–Kier alpha value is -4.86. The second-order valence-electron chi connectivity index (χ2n) is 12.1. The van der Waals surface area contributed by atoms with E-state index in [0.717, 1.165) is 54.6 Å². The SMILES string of the molecule is COc1ccc(CN2Cc3nc(-c4c(F)cccc4F)nc(Cc4ccc(C5CCN(C6CCC6)C5=O)cc4)c3C2=O)c(OC)c1. The molecule has 3 aromatic carbocycles. The van der Waals surface area contributed by atoms with Crippen LogP contribution >= 0.6 is 0 Å². The summed E-state index contributed by atoms with van der Waals surface area (Å²) in [5.41, 5.74) is 3.39. The summed E-state index contributed by atoms with van der Waals surface area (Å²) in [6.07, 6.45) is 4.40. The van der Waals surface area contributed by atoms with Gasteiger partial charge in [-0.3, -0.25) is 9.59 Å². The summed E-state index contributed by atoms with van der Waals surface area (Å²) in [5.74, 6) is -0.702. The molecule has 2 fully saturated rings. The topological polar surface area (TPSA) is 84.9 Å². The molecule has 0 bridgehead atoms. The van der Waals surface area contributed by atoms with E-state index in [2.05, 4.69) is 9.97 Å². The Labute approximate surface area is 266 Å². The molecule has 46 heavy (non-hydrogen) atoms. The zero-order valence-corrected chi connectivity index (χ0v) is 25.8. The third-order valence-electron chi connectivity index (χ3n) is 9.45. The molecule has 1 unspecified atom stereocenters. The largest absolute Gasteiger partial charge is 0.497 e. The van der Waals surface area contributed by atoms with Gasteiger partial charge in [-0.2, -0.15) is 0 Å². The van der Waals surface area contributed by atoms with Crippen LogP contribution in [0.4, 0.5) is 8.78 Å². The molecule has 1 aliphatic carbocycles. The fourth-order valence-electron chi connectivity index (χ4n) is 6.73. The van der Waals surface area contributed by atoms with Crippen molar-refractivity contribution in [2.75, 3.05) is 20.8 Å². The Morgan fingerprint density at radius 1 is 0.891 bits per heavy atom. The van der Waals surface area contributed by atoms with E-state index in [0.29, 0.717) is 34.5 Å². The predicted octanol–water partition coefficient (Wildman–Crippen LogP) is 6.05. The fraction of sp³-hybridized carbons (Fsp3) is 0.333. The highest BCUT2D eigenvalue weighted by molar-refractivity contribution is 5.99. The number of benzene rings is 3. The van der Waals surface area contributed by atoms with Crippen molar-refractivity contribution >= 4 is 11.8 Å². The lowest BCUT2D eigenvalue weighted by Crippen LogP contribution is -2.41. The molecule has 10 heteroatoms. The van der Waals surface area contributed by atoms with Crippen LogP contribution in [0, 0.1) is 11.6 Å². The highest BCUT2D eigenvalue weighted by Crippen LogP contribution is 2.36. The number of fused-ring (bicyclic) bond motifs is 1. The number of nitrogens with zero attached hydrogens (tertiary/aromatic N) is 4. The Morgan fingerprint density at radius 3 is 2.33 bits per heavy atom. The third-order valence-corrected chi connectivity index (χ3v) is 9.45. The van der Waals surface area contributed by atoms with Crippen LogP contribution in [0.5, 0.6) is 11.5 Å². The van der Waals surface area contributed by atoms with Crippen LogP contribution in [-0.4, -0.2) is 58.4 Å². The van der Waals surface area contributed by atoms with E-state index in [1.807, 2.05) is 35.2 Å². The zero-order chi connectivity index (χ0) is 31.9. The van der Waals surface area contributed by atoms with Crippen molar-refractivity contribution in [1.82, 2.24) is 19.8 Å². The van der Waals surface area contributed by atoms with Gasteiger partial charge in [0.15, 0.2) is 5.82 Å². The Balaban J connectivity index is 1.20. The standard InChI is InChI=1S/C36H34F2N4O4/c1-45-25-14-13-23(31(18-25)46-2)19-41-20-30-33(36(41)44)29(39-34(40-30)32-27(37)7-4-8-28(32)38)17-21-9-11-22(12-10-21)26-15-16-42(35(26)43)24-5-3-6-24/h4,7-14,18,24,26H,3,5-6,15-17,19-20H2,1-2H3. The number of amides is 2. The predicted molar refractivity (Wildman–Crippen MR) is 166 cm³/mol. The molecule has 8 nitrogen and oxygen atoms in total. The lowest BCUT2D eigenvalue weighted by molar-refractivity contribution is -0.132. The number of likely N-dealkylation sites (tertiary alicyclic amines) is 1. The maximum Gasteiger partial charge on any atom is 0.258 e. The molecule has 1 aromatic heterocycles. The maximum atomic E-state index is 14.9. The number of carbonyl (C=O) groups excluding carboxylic acids is 2. The Morgan fingerprint density at radius 2 is 1.65 bits per heavy atom. The van der Waals surface area contributed by atoms with Crippen LogP contribution in [0.1, 0.15) is 70.0 Å². The quantitative estimate of drug-likeness (QED) is 0.225. The van der Waals surface area contributed by atoms with Crippen molar-refractivity contribution in [2.45, 2.75) is 57.2 Å². The molecule has 2 amide bonds. The normalized spacial score (nSPS) is 17.8. The highest BCUT2D eigenvalue weighted by atomic mass is 19.1. The van der Waals surface area contributed by atoms with Gasteiger partial charge in [-0.15, -0.1) is 0 Å². The molecule has 2 aliphatic heterocycles. The number of halogens is 2. The van der Waals surface area contributed by atoms with Gasteiger partial charge in [0.2, 0.25) is 5.91 Å². The number of hydrogen-bond donors (Lipinski definition) is 0. The molecule has 1 saturated carbocycles. The zero-order valence-electron chi connectivity index (χ0n) is 25.8. The summed E-state index contributed by atoms with van der Waals surface area (Å²) < 4.78 is 40.7. The number of aromatic nitrogens is 2. The minimum Gasteiger partial charge on any atom is -0.497 e. The third kappa shape index (κ3) is 5.35. The molecule has 236 valence electrons. The van der Waals surface area contributed by atoms with Crippen molar-refractivity contribution in [3.8, 4) is 22.9 Å². The molecule has 1 atom stereocenters. The first-order valence-electron chi connectivity index (χ1n) is 15.6. The monoisotopic (exact) mass is 624 g/mol. The number of ether oxygens (including phenoxy) is 2. The van der Waals surface area contributed by atoms with Crippen molar-refractivity contribution in [3.63, 3.8) is 0 Å². The van der Waals surface area contributed by atoms with Gasteiger partial charge >= 0.3 is 0 Å². The van der Waals surface area contributed by atoms with Crippen LogP contribution in [0.3, 0.4) is 0 Å². The first kappa shape index (κ1) is 29.8. The second kappa shape index (κ2) is 12.2. The summed E-state index contributed by atoms with van der Waals surface area (Å²) >= 11 is 0. The van der Waals surface area contributed by atoms with Gasteiger partial charge in [0, 0.05) is 30.6 Å². The fourth-order valence-corrected chi connectivity index (χ4v) is 6.73. The average molecular weight is 625 g/mol. The molecule has 3 heterocycles. The number of methoxy groups -OCH3 is 2. The molecule has 0 radical (unpaired) electrons. The van der Waals surface area contributed by atoms with Gasteiger partial charge in [-0.05, 0) is 61.1 Å². The molecule has 0 spiro atoms. The van der Waals surface area contributed by atoms with Crippen LogP contribution < -0.4 is 9.47 Å². The highest BCUT2D eigenvalue weighted by Gasteiger charge is 2.39. The van der Waals surface area contributed by atoms with E-state index in [1.54, 1.807) is 31.3 Å². The van der Waals surface area contributed by atoms with E-state index in [9.17, 15) is 18.4 Å². The van der Waals surface area contributed by atoms with E-state index < -0.39 is 11.6 Å². The Bertz CT molecular complexity index is 1810. The van der Waals surface area contributed by atoms with Gasteiger partial charge in [0.1, 0.15) is 23.1 Å². The van der Waals surface area contributed by atoms with E-state index in [1.165, 1.54) is 12.5 Å². The molecule has 3 aliphatic rings. The number of carbonyl (C=O) groups is 2. The number of rotatable bonds is 9. The van der Waals surface area contributed by atoms with Crippen molar-refractivity contribution < 1.29 is 27.8 Å². The minimum absolute atomic E-state index is 0.106. The van der Waals surface area contributed by atoms with Crippen LogP contribution in [0.2, 0.25) is 0 Å². The lowest BCUT2D eigenvalue weighted by atomic mass is 9.91. The molecular weight excluding hydrogens is 590 g/mol. The number of hydrogen-bond acceptors (Lipinski definition) is 6. The van der Waals surface area contributed by atoms with Crippen LogP contribution in [0.15, 0.2) is 60.7 Å². The lowest BCUT2D eigenvalue weighted by Gasteiger charge is -2.34. The van der Waals surface area contributed by atoms with Gasteiger partial charge in [-0.25, -0.2) is 18.7 Å². The minimum atomic E-state index is -0.781.